The van der Waals surface area contributed by atoms with Crippen LogP contribution in [0.4, 0.5) is 5.69 Å². The summed E-state index contributed by atoms with van der Waals surface area (Å²) in [5.41, 5.74) is 2.33. The van der Waals surface area contributed by atoms with Gasteiger partial charge in [-0.25, -0.2) is 0 Å². The predicted octanol–water partition coefficient (Wildman–Crippen LogP) is 2.56. The minimum absolute atomic E-state index is 0.752. The van der Waals surface area contributed by atoms with E-state index >= 15 is 0 Å². The van der Waals surface area contributed by atoms with E-state index in [4.69, 9.17) is 4.74 Å². The minimum Gasteiger partial charge on any atom is -0.490 e. The number of fused-ring (bicyclic) bond motifs is 1. The molecule has 3 heteroatoms. The summed E-state index contributed by atoms with van der Waals surface area (Å²) in [6.07, 6.45) is 0. The van der Waals surface area contributed by atoms with Gasteiger partial charge < -0.3 is 10.1 Å². The standard InChI is InChI=1S/C9H10BrNO/c1-6-4-8-9(5-7(6)10)12-3-2-11-8/h4-5,11H,2-3H2,1H3. The SMILES string of the molecule is Cc1cc2c(cc1Br)OCCN2. The summed E-state index contributed by atoms with van der Waals surface area (Å²) in [6.45, 7) is 3.72. The molecule has 0 radical (unpaired) electrons. The summed E-state index contributed by atoms with van der Waals surface area (Å²) < 4.78 is 6.57. The lowest BCUT2D eigenvalue weighted by atomic mass is 10.2. The summed E-state index contributed by atoms with van der Waals surface area (Å²) in [7, 11) is 0. The Morgan fingerprint density at radius 1 is 1.50 bits per heavy atom. The number of halogens is 1. The van der Waals surface area contributed by atoms with E-state index in [0.717, 1.165) is 29.1 Å². The molecule has 0 bridgehead atoms. The van der Waals surface area contributed by atoms with E-state index < -0.39 is 0 Å². The van der Waals surface area contributed by atoms with Gasteiger partial charge in [-0.15, -0.1) is 0 Å². The van der Waals surface area contributed by atoms with Crippen molar-refractivity contribution in [2.24, 2.45) is 0 Å². The van der Waals surface area contributed by atoms with Gasteiger partial charge in [-0.2, -0.15) is 0 Å². The van der Waals surface area contributed by atoms with Crippen molar-refractivity contribution in [2.45, 2.75) is 6.92 Å². The van der Waals surface area contributed by atoms with Crippen molar-refractivity contribution >= 4 is 21.6 Å². The lowest BCUT2D eigenvalue weighted by Gasteiger charge is -2.19. The van der Waals surface area contributed by atoms with Gasteiger partial charge in [-0.1, -0.05) is 15.9 Å². The van der Waals surface area contributed by atoms with Gasteiger partial charge in [0, 0.05) is 11.0 Å². The molecule has 1 N–H and O–H groups in total. The fraction of sp³-hybridized carbons (Fsp3) is 0.333. The molecule has 1 aliphatic rings. The molecule has 1 aromatic carbocycles. The molecule has 1 heterocycles. The Morgan fingerprint density at radius 2 is 2.33 bits per heavy atom. The third kappa shape index (κ3) is 1.29. The monoisotopic (exact) mass is 227 g/mol. The van der Waals surface area contributed by atoms with Crippen LogP contribution in [0.1, 0.15) is 5.56 Å². The Balaban J connectivity index is 2.49. The number of ether oxygens (including phenoxy) is 1. The molecule has 2 rings (SSSR count). The van der Waals surface area contributed by atoms with Crippen molar-refractivity contribution in [3.05, 3.63) is 22.2 Å². The first-order valence-corrected chi connectivity index (χ1v) is 4.73. The van der Waals surface area contributed by atoms with Crippen LogP contribution in [0.2, 0.25) is 0 Å². The highest BCUT2D eigenvalue weighted by atomic mass is 79.9. The van der Waals surface area contributed by atoms with E-state index in [1.54, 1.807) is 0 Å². The molecule has 0 aliphatic carbocycles. The van der Waals surface area contributed by atoms with Crippen LogP contribution in [-0.2, 0) is 0 Å². The third-order valence-electron chi connectivity index (χ3n) is 1.94. The van der Waals surface area contributed by atoms with E-state index in [-0.39, 0.29) is 0 Å². The van der Waals surface area contributed by atoms with Crippen LogP contribution in [0, 0.1) is 6.92 Å². The van der Waals surface area contributed by atoms with Crippen LogP contribution < -0.4 is 10.1 Å². The second-order valence-corrected chi connectivity index (χ2v) is 3.73. The minimum atomic E-state index is 0.752. The van der Waals surface area contributed by atoms with E-state index in [2.05, 4.69) is 34.2 Å². The lowest BCUT2D eigenvalue weighted by molar-refractivity contribution is 0.323. The first-order valence-electron chi connectivity index (χ1n) is 3.94. The van der Waals surface area contributed by atoms with Crippen LogP contribution in [0.3, 0.4) is 0 Å². The van der Waals surface area contributed by atoms with Crippen molar-refractivity contribution in [2.75, 3.05) is 18.5 Å². The van der Waals surface area contributed by atoms with Gasteiger partial charge in [0.05, 0.1) is 5.69 Å². The summed E-state index contributed by atoms with van der Waals surface area (Å²) >= 11 is 3.47. The second kappa shape index (κ2) is 2.98. The number of anilines is 1. The molecule has 64 valence electrons. The van der Waals surface area contributed by atoms with Crippen molar-refractivity contribution in [3.63, 3.8) is 0 Å². The Kier molecular flexibility index (Phi) is 1.97. The summed E-state index contributed by atoms with van der Waals surface area (Å²) in [5, 5.41) is 3.28. The number of nitrogens with one attached hydrogen (secondary N) is 1. The van der Waals surface area contributed by atoms with E-state index in [9.17, 15) is 0 Å². The van der Waals surface area contributed by atoms with Crippen molar-refractivity contribution in [1.29, 1.82) is 0 Å². The lowest BCUT2D eigenvalue weighted by Crippen LogP contribution is -2.18. The average molecular weight is 228 g/mol. The fourth-order valence-electron chi connectivity index (χ4n) is 1.27. The molecule has 1 aliphatic heterocycles. The van der Waals surface area contributed by atoms with Gasteiger partial charge in [0.2, 0.25) is 0 Å². The molecule has 0 spiro atoms. The second-order valence-electron chi connectivity index (χ2n) is 2.87. The van der Waals surface area contributed by atoms with E-state index in [0.29, 0.717) is 0 Å². The maximum Gasteiger partial charge on any atom is 0.143 e. The first-order chi connectivity index (χ1) is 5.77. The highest BCUT2D eigenvalue weighted by molar-refractivity contribution is 9.10. The van der Waals surface area contributed by atoms with Crippen molar-refractivity contribution in [1.82, 2.24) is 0 Å². The average Bonchev–Trinajstić information content (AvgIpc) is 2.07. The first kappa shape index (κ1) is 7.92. The zero-order valence-corrected chi connectivity index (χ0v) is 8.44. The molecule has 0 fully saturated rings. The Morgan fingerprint density at radius 3 is 3.17 bits per heavy atom. The largest absolute Gasteiger partial charge is 0.490 e. The number of benzene rings is 1. The van der Waals surface area contributed by atoms with Gasteiger partial charge >= 0.3 is 0 Å². The molecule has 0 unspecified atom stereocenters. The molecule has 0 atom stereocenters. The zero-order valence-electron chi connectivity index (χ0n) is 6.86. The molecule has 0 aromatic heterocycles. The smallest absolute Gasteiger partial charge is 0.143 e. The summed E-state index contributed by atoms with van der Waals surface area (Å²) in [5.74, 6) is 0.943. The number of hydrogen-bond acceptors (Lipinski definition) is 2. The maximum atomic E-state index is 5.47. The topological polar surface area (TPSA) is 21.3 Å². The number of rotatable bonds is 0. The van der Waals surface area contributed by atoms with E-state index in [1.165, 1.54) is 5.56 Å². The Hall–Kier alpha value is -0.700. The van der Waals surface area contributed by atoms with Crippen LogP contribution in [-0.4, -0.2) is 13.2 Å². The van der Waals surface area contributed by atoms with Crippen molar-refractivity contribution in [3.8, 4) is 5.75 Å². The third-order valence-corrected chi connectivity index (χ3v) is 2.79. The highest BCUT2D eigenvalue weighted by Crippen LogP contribution is 2.32. The quantitative estimate of drug-likeness (QED) is 0.736. The van der Waals surface area contributed by atoms with E-state index in [1.807, 2.05) is 6.07 Å². The molecule has 0 saturated heterocycles. The Bertz CT molecular complexity index is 281. The molecular formula is C9H10BrNO. The molecule has 0 amide bonds. The number of aryl methyl sites for hydroxylation is 1. The van der Waals surface area contributed by atoms with Crippen LogP contribution in [0.5, 0.6) is 5.75 Å². The van der Waals surface area contributed by atoms with Crippen LogP contribution in [0.25, 0.3) is 0 Å². The highest BCUT2D eigenvalue weighted by Gasteiger charge is 2.10. The predicted molar refractivity (Wildman–Crippen MR) is 52.9 cm³/mol. The molecule has 12 heavy (non-hydrogen) atoms. The molecule has 0 saturated carbocycles. The van der Waals surface area contributed by atoms with Crippen LogP contribution in [0.15, 0.2) is 16.6 Å². The molecule has 1 aromatic rings. The van der Waals surface area contributed by atoms with Crippen molar-refractivity contribution < 1.29 is 4.74 Å². The molecular weight excluding hydrogens is 218 g/mol. The number of hydrogen-bond donors (Lipinski definition) is 1. The van der Waals surface area contributed by atoms with Gasteiger partial charge in [0.25, 0.3) is 0 Å². The summed E-state index contributed by atoms with van der Waals surface area (Å²) in [6, 6.07) is 4.11. The zero-order chi connectivity index (χ0) is 8.55. The van der Waals surface area contributed by atoms with Gasteiger partial charge in [-0.3, -0.25) is 0 Å². The van der Waals surface area contributed by atoms with Gasteiger partial charge in [-0.05, 0) is 24.6 Å². The fourth-order valence-corrected chi connectivity index (χ4v) is 1.59. The maximum absolute atomic E-state index is 5.47. The van der Waals surface area contributed by atoms with Gasteiger partial charge in [0.15, 0.2) is 0 Å². The Labute approximate surface area is 80.1 Å². The summed E-state index contributed by atoms with van der Waals surface area (Å²) in [4.78, 5) is 0. The molecule has 2 nitrogen and oxygen atoms in total. The normalized spacial score (nSPS) is 14.5. The van der Waals surface area contributed by atoms with Gasteiger partial charge in [0.1, 0.15) is 12.4 Å². The van der Waals surface area contributed by atoms with Crippen LogP contribution >= 0.6 is 15.9 Å².